The number of hydrogen-bond donors (Lipinski definition) is 2. The van der Waals surface area contributed by atoms with Crippen LogP contribution in [0.15, 0.2) is 34.8 Å². The number of alkyl halides is 3. The molecule has 0 spiro atoms. The Hall–Kier alpha value is -1.33. The highest BCUT2D eigenvalue weighted by Gasteiger charge is 2.32. The molecule has 0 bridgehead atoms. The van der Waals surface area contributed by atoms with Crippen LogP contribution < -0.4 is 10.1 Å². The van der Waals surface area contributed by atoms with Crippen LogP contribution in [-0.4, -0.2) is 42.5 Å². The first-order chi connectivity index (χ1) is 13.2. The van der Waals surface area contributed by atoms with Crippen molar-refractivity contribution in [2.24, 2.45) is 0 Å². The summed E-state index contributed by atoms with van der Waals surface area (Å²) in [4.78, 5) is 1.93. The van der Waals surface area contributed by atoms with Gasteiger partial charge in [-0.25, -0.2) is 4.39 Å². The van der Waals surface area contributed by atoms with Crippen molar-refractivity contribution in [2.75, 3.05) is 26.2 Å². The van der Waals surface area contributed by atoms with E-state index < -0.39 is 35.5 Å². The van der Waals surface area contributed by atoms with E-state index in [2.05, 4.69) is 26.0 Å². The van der Waals surface area contributed by atoms with Crippen molar-refractivity contribution in [1.82, 2.24) is 10.2 Å². The molecule has 0 unspecified atom stereocenters. The molecule has 1 aliphatic heterocycles. The molecule has 168 valence electrons. The maximum absolute atomic E-state index is 14.1. The smallest absolute Gasteiger partial charge is 0.505 e. The average molecular weight is 540 g/mol. The van der Waals surface area contributed by atoms with E-state index in [9.17, 15) is 27.1 Å². The molecule has 1 atom stereocenters. The minimum absolute atomic E-state index is 0. The number of phenols is 1. The lowest BCUT2D eigenvalue weighted by atomic mass is 9.95. The van der Waals surface area contributed by atoms with E-state index in [1.54, 1.807) is 0 Å². The van der Waals surface area contributed by atoms with E-state index in [4.69, 9.17) is 0 Å². The van der Waals surface area contributed by atoms with Crippen LogP contribution in [-0.2, 0) is 0 Å². The molecule has 1 heterocycles. The predicted molar refractivity (Wildman–Crippen MR) is 110 cm³/mol. The van der Waals surface area contributed by atoms with E-state index in [0.717, 1.165) is 12.1 Å². The number of phenolic OH excluding ortho intramolecular Hbond substituents is 1. The minimum atomic E-state index is -4.82. The van der Waals surface area contributed by atoms with E-state index in [0.29, 0.717) is 31.7 Å². The fraction of sp³-hybridized carbons (Fsp3) is 0.333. The molecule has 0 amide bonds. The largest absolute Gasteiger partial charge is 0.573 e. The van der Waals surface area contributed by atoms with Gasteiger partial charge in [0.2, 0.25) is 5.82 Å². The summed E-state index contributed by atoms with van der Waals surface area (Å²) in [5, 5.41) is 13.4. The summed E-state index contributed by atoms with van der Waals surface area (Å²) in [5.41, 5.74) is 0.613. The fourth-order valence-electron chi connectivity index (χ4n) is 3.19. The number of aromatic hydroxyl groups is 1. The number of rotatable bonds is 4. The minimum Gasteiger partial charge on any atom is -0.505 e. The van der Waals surface area contributed by atoms with Gasteiger partial charge in [0.25, 0.3) is 0 Å². The molecule has 2 aromatic carbocycles. The topological polar surface area (TPSA) is 44.7 Å². The number of piperazine rings is 1. The summed E-state index contributed by atoms with van der Waals surface area (Å²) >= 11 is 2.94. The molecule has 0 aromatic heterocycles. The third kappa shape index (κ3) is 6.10. The lowest BCUT2D eigenvalue weighted by molar-refractivity contribution is -0.274. The van der Waals surface area contributed by atoms with Crippen LogP contribution in [0, 0.1) is 11.6 Å². The molecular formula is C18H18BrCl2F5N2O2. The van der Waals surface area contributed by atoms with Gasteiger partial charge in [-0.3, -0.25) is 4.90 Å². The summed E-state index contributed by atoms with van der Waals surface area (Å²) in [5.74, 6) is -3.83. The maximum atomic E-state index is 14.1. The van der Waals surface area contributed by atoms with E-state index >= 15 is 0 Å². The van der Waals surface area contributed by atoms with Crippen LogP contribution in [0.3, 0.4) is 0 Å². The van der Waals surface area contributed by atoms with Crippen molar-refractivity contribution in [3.63, 3.8) is 0 Å². The highest BCUT2D eigenvalue weighted by Crippen LogP contribution is 2.39. The summed E-state index contributed by atoms with van der Waals surface area (Å²) in [6.07, 6.45) is -4.82. The number of nitrogens with one attached hydrogen (secondary N) is 1. The van der Waals surface area contributed by atoms with Crippen LogP contribution in [0.2, 0.25) is 0 Å². The van der Waals surface area contributed by atoms with Gasteiger partial charge in [-0.05, 0) is 39.7 Å². The molecule has 0 radical (unpaired) electrons. The van der Waals surface area contributed by atoms with Crippen molar-refractivity contribution in [2.45, 2.75) is 12.4 Å². The Morgan fingerprint density at radius 3 is 2.13 bits per heavy atom. The zero-order valence-electron chi connectivity index (χ0n) is 15.2. The predicted octanol–water partition coefficient (Wildman–Crippen LogP) is 5.17. The Morgan fingerprint density at radius 2 is 1.60 bits per heavy atom. The van der Waals surface area contributed by atoms with Crippen molar-refractivity contribution in [3.8, 4) is 11.5 Å². The van der Waals surface area contributed by atoms with E-state index in [1.807, 2.05) is 4.90 Å². The van der Waals surface area contributed by atoms with Gasteiger partial charge < -0.3 is 15.2 Å². The first-order valence-electron chi connectivity index (χ1n) is 8.34. The monoisotopic (exact) mass is 538 g/mol. The summed E-state index contributed by atoms with van der Waals surface area (Å²) in [6, 6.07) is 5.69. The Bertz CT molecular complexity index is 850. The number of hydrogen-bond acceptors (Lipinski definition) is 4. The van der Waals surface area contributed by atoms with Gasteiger partial charge in [-0.2, -0.15) is 4.39 Å². The summed E-state index contributed by atoms with van der Waals surface area (Å²) in [7, 11) is 0. The Kier molecular flexibility index (Phi) is 9.62. The molecule has 30 heavy (non-hydrogen) atoms. The molecule has 1 fully saturated rings. The maximum Gasteiger partial charge on any atom is 0.573 e. The summed E-state index contributed by atoms with van der Waals surface area (Å²) in [6.45, 7) is 2.36. The van der Waals surface area contributed by atoms with Gasteiger partial charge in [-0.15, -0.1) is 38.0 Å². The third-order valence-corrected chi connectivity index (χ3v) is 4.98. The standard InChI is InChI=1S/C18H16BrF5N2O2.2ClH/c19-13-9-12(17(27)15(21)14(13)20)16(26-7-5-25-6-8-26)10-1-3-11(4-2-10)28-18(22,23)24;;/h1-4,9,16,25,27H,5-8H2;2*1H/t16-;;/m1../s1. The quantitative estimate of drug-likeness (QED) is 0.415. The molecule has 12 heteroatoms. The molecule has 2 N–H and O–H groups in total. The third-order valence-electron chi connectivity index (χ3n) is 4.41. The number of nitrogens with zero attached hydrogens (tertiary/aromatic N) is 1. The van der Waals surface area contributed by atoms with Crippen LogP contribution in [0.1, 0.15) is 17.2 Å². The second-order valence-electron chi connectivity index (χ2n) is 6.23. The Labute approximate surface area is 190 Å². The molecule has 1 saturated heterocycles. The Balaban J connectivity index is 0.00000225. The molecule has 0 saturated carbocycles. The van der Waals surface area contributed by atoms with Crippen LogP contribution in [0.5, 0.6) is 11.5 Å². The van der Waals surface area contributed by atoms with Gasteiger partial charge in [0, 0.05) is 31.7 Å². The lowest BCUT2D eigenvalue weighted by Gasteiger charge is -2.36. The zero-order chi connectivity index (χ0) is 20.5. The lowest BCUT2D eigenvalue weighted by Crippen LogP contribution is -2.45. The normalized spacial score (nSPS) is 15.7. The Morgan fingerprint density at radius 1 is 1.03 bits per heavy atom. The van der Waals surface area contributed by atoms with Gasteiger partial charge in [0.05, 0.1) is 10.5 Å². The van der Waals surface area contributed by atoms with Crippen molar-refractivity contribution >= 4 is 40.7 Å². The van der Waals surface area contributed by atoms with Gasteiger partial charge in [-0.1, -0.05) is 12.1 Å². The highest BCUT2D eigenvalue weighted by atomic mass is 79.9. The van der Waals surface area contributed by atoms with Crippen LogP contribution >= 0.6 is 40.7 Å². The van der Waals surface area contributed by atoms with Crippen molar-refractivity contribution in [1.29, 1.82) is 0 Å². The van der Waals surface area contributed by atoms with Crippen LogP contribution in [0.4, 0.5) is 22.0 Å². The van der Waals surface area contributed by atoms with E-state index in [-0.39, 0.29) is 34.9 Å². The SMILES string of the molecule is Cl.Cl.Oc1c([C@@H](c2ccc(OC(F)(F)F)cc2)N2CCNCC2)cc(Br)c(F)c1F. The second kappa shape index (κ2) is 10.8. The fourth-order valence-corrected chi connectivity index (χ4v) is 3.61. The van der Waals surface area contributed by atoms with Crippen LogP contribution in [0.25, 0.3) is 0 Å². The van der Waals surface area contributed by atoms with Crippen molar-refractivity contribution < 1.29 is 31.8 Å². The van der Waals surface area contributed by atoms with Gasteiger partial charge in [0.1, 0.15) is 5.75 Å². The highest BCUT2D eigenvalue weighted by molar-refractivity contribution is 9.10. The number of benzene rings is 2. The zero-order valence-corrected chi connectivity index (χ0v) is 18.4. The average Bonchev–Trinajstić information content (AvgIpc) is 2.65. The summed E-state index contributed by atoms with van der Waals surface area (Å²) < 4.78 is 68.7. The van der Waals surface area contributed by atoms with Crippen molar-refractivity contribution in [3.05, 3.63) is 57.6 Å². The molecule has 0 aliphatic carbocycles. The van der Waals surface area contributed by atoms with E-state index in [1.165, 1.54) is 18.2 Å². The molecule has 2 aromatic rings. The first-order valence-corrected chi connectivity index (χ1v) is 9.13. The molecule has 1 aliphatic rings. The molecule has 4 nitrogen and oxygen atoms in total. The molecule has 3 rings (SSSR count). The number of ether oxygens (including phenoxy) is 1. The number of halogens is 8. The van der Waals surface area contributed by atoms with Gasteiger partial charge in [0.15, 0.2) is 11.6 Å². The molecular weight excluding hydrogens is 522 g/mol. The van der Waals surface area contributed by atoms with Gasteiger partial charge >= 0.3 is 6.36 Å². The first kappa shape index (κ1) is 26.7. The second-order valence-corrected chi connectivity index (χ2v) is 7.08.